The highest BCUT2D eigenvalue weighted by Gasteiger charge is 2.26. The third-order valence-corrected chi connectivity index (χ3v) is 5.34. The zero-order valence-electron chi connectivity index (χ0n) is 16.8. The number of carbonyl (C=O) groups is 1. The highest BCUT2D eigenvalue weighted by Crippen LogP contribution is 2.37. The first-order valence-electron chi connectivity index (χ1n) is 9.16. The Balaban J connectivity index is 1.93. The van der Waals surface area contributed by atoms with Gasteiger partial charge in [0, 0.05) is 17.9 Å². The minimum Gasteiger partial charge on any atom is -0.504 e. The van der Waals surface area contributed by atoms with Crippen molar-refractivity contribution in [2.24, 2.45) is 0 Å². The molecule has 0 saturated carbocycles. The molecule has 158 valence electrons. The molecule has 0 aliphatic rings. The monoisotopic (exact) mass is 430 g/mol. The summed E-state index contributed by atoms with van der Waals surface area (Å²) < 4.78 is 10.8. The summed E-state index contributed by atoms with van der Waals surface area (Å²) in [6.45, 7) is 3.73. The largest absolute Gasteiger partial charge is 0.504 e. The molecule has 3 rings (SSSR count). The molecular formula is C21H22N2O6S. The van der Waals surface area contributed by atoms with Gasteiger partial charge in [0.25, 0.3) is 0 Å². The summed E-state index contributed by atoms with van der Waals surface area (Å²) >= 11 is 1.49. The van der Waals surface area contributed by atoms with E-state index in [0.29, 0.717) is 11.3 Å². The first-order valence-corrected chi connectivity index (χ1v) is 10.0. The number of carbonyl (C=O) groups excluding carboxylic acids is 1. The number of rotatable bonds is 7. The van der Waals surface area contributed by atoms with Crippen LogP contribution in [-0.4, -0.2) is 28.2 Å². The molecule has 2 aromatic heterocycles. The van der Waals surface area contributed by atoms with Crippen LogP contribution in [0.25, 0.3) is 0 Å². The molecule has 9 heteroatoms. The molecule has 0 bridgehead atoms. The van der Waals surface area contributed by atoms with Crippen molar-refractivity contribution in [3.8, 4) is 17.2 Å². The molecule has 0 fully saturated rings. The van der Waals surface area contributed by atoms with Crippen molar-refractivity contribution >= 4 is 17.2 Å². The van der Waals surface area contributed by atoms with E-state index in [4.69, 9.17) is 9.15 Å². The molecular weight excluding hydrogens is 408 g/mol. The van der Waals surface area contributed by atoms with Crippen molar-refractivity contribution in [2.45, 2.75) is 32.7 Å². The van der Waals surface area contributed by atoms with Crippen LogP contribution in [0.1, 0.15) is 40.1 Å². The van der Waals surface area contributed by atoms with Crippen LogP contribution < -0.4 is 15.5 Å². The lowest BCUT2D eigenvalue weighted by Crippen LogP contribution is -2.25. The molecule has 1 amide bonds. The summed E-state index contributed by atoms with van der Waals surface area (Å²) in [5.74, 6) is -1.23. The number of hydrogen-bond donors (Lipinski definition) is 3. The second kappa shape index (κ2) is 9.00. The lowest BCUT2D eigenvalue weighted by atomic mass is 9.91. The van der Waals surface area contributed by atoms with Crippen molar-refractivity contribution in [3.05, 3.63) is 67.7 Å². The number of methoxy groups -OCH3 is 1. The fraction of sp³-hybridized carbons (Fsp3) is 0.286. The molecule has 3 N–H and O–H groups in total. The van der Waals surface area contributed by atoms with E-state index in [1.54, 1.807) is 19.1 Å². The van der Waals surface area contributed by atoms with Crippen molar-refractivity contribution < 1.29 is 24.2 Å². The molecule has 0 spiro atoms. The molecule has 3 aromatic rings. The van der Waals surface area contributed by atoms with Gasteiger partial charge in [-0.2, -0.15) is 0 Å². The van der Waals surface area contributed by atoms with E-state index in [-0.39, 0.29) is 36.1 Å². The number of amides is 1. The number of phenolic OH excluding ortho intramolecular Hbond substituents is 1. The molecule has 0 unspecified atom stereocenters. The highest BCUT2D eigenvalue weighted by molar-refractivity contribution is 7.09. The number of phenols is 1. The maximum Gasteiger partial charge on any atom is 0.227 e. The van der Waals surface area contributed by atoms with Crippen LogP contribution in [-0.2, 0) is 11.3 Å². The minimum absolute atomic E-state index is 0.0209. The molecule has 0 saturated heterocycles. The zero-order valence-corrected chi connectivity index (χ0v) is 17.6. The van der Waals surface area contributed by atoms with Gasteiger partial charge in [0.15, 0.2) is 17.3 Å². The Morgan fingerprint density at radius 3 is 2.73 bits per heavy atom. The predicted molar refractivity (Wildman–Crippen MR) is 111 cm³/mol. The van der Waals surface area contributed by atoms with Gasteiger partial charge in [-0.25, -0.2) is 4.98 Å². The fourth-order valence-corrected chi connectivity index (χ4v) is 3.68. The Hall–Kier alpha value is -3.33. The zero-order chi connectivity index (χ0) is 21.8. The van der Waals surface area contributed by atoms with Gasteiger partial charge >= 0.3 is 0 Å². The van der Waals surface area contributed by atoms with Crippen molar-refractivity contribution in [1.29, 1.82) is 0 Å². The smallest absolute Gasteiger partial charge is 0.227 e. The predicted octanol–water partition coefficient (Wildman–Crippen LogP) is 2.97. The average Bonchev–Trinajstić information content (AvgIpc) is 3.13. The number of nitrogens with zero attached hydrogens (tertiary/aromatic N) is 1. The van der Waals surface area contributed by atoms with Gasteiger partial charge in [0.2, 0.25) is 17.1 Å². The molecule has 1 atom stereocenters. The van der Waals surface area contributed by atoms with Crippen molar-refractivity contribution in [2.75, 3.05) is 7.11 Å². The lowest BCUT2D eigenvalue weighted by Gasteiger charge is -2.18. The van der Waals surface area contributed by atoms with Crippen molar-refractivity contribution in [1.82, 2.24) is 10.3 Å². The van der Waals surface area contributed by atoms with Gasteiger partial charge in [-0.15, -0.1) is 11.3 Å². The van der Waals surface area contributed by atoms with Gasteiger partial charge in [-0.1, -0.05) is 6.07 Å². The lowest BCUT2D eigenvalue weighted by molar-refractivity contribution is -0.121. The summed E-state index contributed by atoms with van der Waals surface area (Å²) in [4.78, 5) is 29.1. The number of aromatic nitrogens is 1. The number of nitrogens with one attached hydrogen (secondary N) is 1. The normalized spacial score (nSPS) is 11.8. The van der Waals surface area contributed by atoms with Crippen LogP contribution in [0.4, 0.5) is 0 Å². The highest BCUT2D eigenvalue weighted by atomic mass is 32.1. The van der Waals surface area contributed by atoms with E-state index in [1.165, 1.54) is 30.6 Å². The van der Waals surface area contributed by atoms with Gasteiger partial charge in [0.1, 0.15) is 5.76 Å². The third-order valence-electron chi connectivity index (χ3n) is 4.52. The summed E-state index contributed by atoms with van der Waals surface area (Å²) in [5.41, 5.74) is 0.690. The van der Waals surface area contributed by atoms with Gasteiger partial charge in [0.05, 0.1) is 30.3 Å². The molecule has 0 aliphatic carbocycles. The van der Waals surface area contributed by atoms with E-state index >= 15 is 0 Å². The van der Waals surface area contributed by atoms with Crippen LogP contribution >= 0.6 is 11.3 Å². The minimum atomic E-state index is -0.774. The molecule has 8 nitrogen and oxygen atoms in total. The molecule has 0 aliphatic heterocycles. The topological polar surface area (TPSA) is 122 Å². The van der Waals surface area contributed by atoms with Crippen LogP contribution in [0, 0.1) is 13.8 Å². The van der Waals surface area contributed by atoms with E-state index in [0.717, 1.165) is 10.7 Å². The Morgan fingerprint density at radius 1 is 1.30 bits per heavy atom. The molecule has 2 heterocycles. The summed E-state index contributed by atoms with van der Waals surface area (Å²) in [5, 5.41) is 25.8. The summed E-state index contributed by atoms with van der Waals surface area (Å²) in [6, 6.07) is 5.72. The van der Waals surface area contributed by atoms with Crippen LogP contribution in [0.3, 0.4) is 0 Å². The van der Waals surface area contributed by atoms with Crippen LogP contribution in [0.5, 0.6) is 17.2 Å². The van der Waals surface area contributed by atoms with Gasteiger partial charge in [-0.3, -0.25) is 9.59 Å². The number of ether oxygens (including phenoxy) is 1. The third kappa shape index (κ3) is 4.80. The molecule has 0 radical (unpaired) electrons. The average molecular weight is 430 g/mol. The molecule has 30 heavy (non-hydrogen) atoms. The number of aromatic hydroxyl groups is 2. The summed E-state index contributed by atoms with van der Waals surface area (Å²) in [6.07, 6.45) is -0.100. The van der Waals surface area contributed by atoms with E-state index in [1.807, 2.05) is 12.3 Å². The second-order valence-corrected chi connectivity index (χ2v) is 7.82. The maximum atomic E-state index is 12.7. The van der Waals surface area contributed by atoms with Crippen LogP contribution in [0.15, 0.2) is 38.9 Å². The maximum absolute atomic E-state index is 12.7. The number of benzene rings is 1. The Bertz CT molecular complexity index is 1120. The van der Waals surface area contributed by atoms with E-state index in [9.17, 15) is 19.8 Å². The van der Waals surface area contributed by atoms with Crippen molar-refractivity contribution in [3.63, 3.8) is 0 Å². The fourth-order valence-electron chi connectivity index (χ4n) is 3.07. The first kappa shape index (κ1) is 21.4. The van der Waals surface area contributed by atoms with E-state index < -0.39 is 17.1 Å². The van der Waals surface area contributed by atoms with Gasteiger partial charge < -0.3 is 24.7 Å². The first-order chi connectivity index (χ1) is 14.3. The Labute approximate surface area is 176 Å². The SMILES string of the molecule is COc1cc([C@@H](CC(=O)NCc2csc(C)n2)c2oc(C)cc(=O)c2O)ccc1O. The van der Waals surface area contributed by atoms with Crippen LogP contribution in [0.2, 0.25) is 0 Å². The van der Waals surface area contributed by atoms with E-state index in [2.05, 4.69) is 10.3 Å². The number of hydrogen-bond acceptors (Lipinski definition) is 8. The number of thiazole rings is 1. The number of aryl methyl sites for hydroxylation is 2. The standard InChI is InChI=1S/C21H22N2O6S/c1-11-6-17(25)20(27)21(29-11)15(13-4-5-16(24)18(7-13)28-3)8-19(26)22-9-14-10-30-12(2)23-14/h4-7,10,15,24,27H,8-9H2,1-3H3,(H,22,26)/t15-/m1/s1. The second-order valence-electron chi connectivity index (χ2n) is 6.76. The molecule has 1 aromatic carbocycles. The Morgan fingerprint density at radius 2 is 2.07 bits per heavy atom. The van der Waals surface area contributed by atoms with Gasteiger partial charge in [-0.05, 0) is 31.5 Å². The summed E-state index contributed by atoms with van der Waals surface area (Å²) in [7, 11) is 1.40. The Kier molecular flexibility index (Phi) is 6.41. The quantitative estimate of drug-likeness (QED) is 0.527.